The average Bonchev–Trinajstić information content (AvgIpc) is 3.21. The third-order valence-electron chi connectivity index (χ3n) is 4.51. The molecule has 2 aromatic carbocycles. The molecule has 4 rings (SSSR count). The van der Waals surface area contributed by atoms with E-state index in [1.807, 2.05) is 41.1 Å². The number of urea groups is 1. The van der Waals surface area contributed by atoms with Crippen molar-refractivity contribution in [3.63, 3.8) is 0 Å². The normalized spacial score (nSPS) is 15.6. The first-order valence-corrected chi connectivity index (χ1v) is 8.86. The summed E-state index contributed by atoms with van der Waals surface area (Å²) in [6.45, 7) is 0. The Hall–Kier alpha value is -4.13. The van der Waals surface area contributed by atoms with Crippen molar-refractivity contribution in [1.29, 1.82) is 0 Å². The molecule has 0 bridgehead atoms. The van der Waals surface area contributed by atoms with E-state index in [0.29, 0.717) is 17.0 Å². The van der Waals surface area contributed by atoms with Crippen molar-refractivity contribution in [3.8, 4) is 11.4 Å². The van der Waals surface area contributed by atoms with Crippen LogP contribution in [-0.4, -0.2) is 29.5 Å². The highest BCUT2D eigenvalue weighted by Gasteiger charge is 2.36. The smallest absolute Gasteiger partial charge is 0.335 e. The Bertz CT molecular complexity index is 1110. The second-order valence-corrected chi connectivity index (χ2v) is 6.34. The highest BCUT2D eigenvalue weighted by atomic mass is 16.5. The van der Waals surface area contributed by atoms with E-state index in [1.54, 1.807) is 36.5 Å². The fourth-order valence-electron chi connectivity index (χ4n) is 3.05. The van der Waals surface area contributed by atoms with Crippen LogP contribution >= 0.6 is 0 Å². The van der Waals surface area contributed by atoms with Gasteiger partial charge in [-0.25, -0.2) is 9.69 Å². The molecule has 4 amide bonds. The summed E-state index contributed by atoms with van der Waals surface area (Å²) >= 11 is 0. The molecule has 1 N–H and O–H groups in total. The highest BCUT2D eigenvalue weighted by Crippen LogP contribution is 2.24. The first kappa shape index (κ1) is 18.2. The molecule has 144 valence electrons. The van der Waals surface area contributed by atoms with Crippen LogP contribution in [-0.2, 0) is 9.59 Å². The molecule has 1 fully saturated rings. The number of carbonyl (C=O) groups excluding carboxylic acids is 3. The van der Waals surface area contributed by atoms with Crippen molar-refractivity contribution in [3.05, 3.63) is 84.2 Å². The summed E-state index contributed by atoms with van der Waals surface area (Å²) in [4.78, 5) is 38.4. The highest BCUT2D eigenvalue weighted by molar-refractivity contribution is 6.39. The lowest BCUT2D eigenvalue weighted by atomic mass is 10.1. The molecule has 7 heteroatoms. The largest absolute Gasteiger partial charge is 0.497 e. The minimum Gasteiger partial charge on any atom is -0.497 e. The minimum atomic E-state index is -0.788. The first-order chi connectivity index (χ1) is 14.1. The van der Waals surface area contributed by atoms with Crippen LogP contribution in [0.3, 0.4) is 0 Å². The molecule has 29 heavy (non-hydrogen) atoms. The number of amides is 4. The number of hydrogen-bond donors (Lipinski definition) is 1. The van der Waals surface area contributed by atoms with Crippen LogP contribution in [0, 0.1) is 0 Å². The second kappa shape index (κ2) is 7.47. The molecule has 0 atom stereocenters. The van der Waals surface area contributed by atoms with E-state index in [0.717, 1.165) is 10.6 Å². The van der Waals surface area contributed by atoms with Crippen LogP contribution in [0.4, 0.5) is 10.5 Å². The van der Waals surface area contributed by atoms with E-state index >= 15 is 0 Å². The van der Waals surface area contributed by atoms with Gasteiger partial charge in [0.2, 0.25) is 0 Å². The zero-order valence-electron chi connectivity index (χ0n) is 15.5. The first-order valence-electron chi connectivity index (χ1n) is 8.86. The molecule has 3 aromatic rings. The summed E-state index contributed by atoms with van der Waals surface area (Å²) in [6, 6.07) is 17.1. The molecule has 1 aliphatic rings. The fraction of sp³-hybridized carbons (Fsp3) is 0.0455. The molecule has 0 unspecified atom stereocenters. The molecule has 0 aliphatic carbocycles. The third-order valence-corrected chi connectivity index (χ3v) is 4.51. The van der Waals surface area contributed by atoms with Gasteiger partial charge in [-0.05, 0) is 54.1 Å². The lowest BCUT2D eigenvalue weighted by Gasteiger charge is -2.26. The number of para-hydroxylation sites is 1. The number of barbiturate groups is 1. The fourth-order valence-corrected chi connectivity index (χ4v) is 3.05. The van der Waals surface area contributed by atoms with Gasteiger partial charge in [0.1, 0.15) is 11.3 Å². The number of imide groups is 2. The van der Waals surface area contributed by atoms with Crippen molar-refractivity contribution >= 4 is 29.6 Å². The molecular weight excluding hydrogens is 370 g/mol. The monoisotopic (exact) mass is 387 g/mol. The lowest BCUT2D eigenvalue weighted by Crippen LogP contribution is -2.54. The van der Waals surface area contributed by atoms with E-state index < -0.39 is 17.8 Å². The van der Waals surface area contributed by atoms with E-state index in [4.69, 9.17) is 4.74 Å². The van der Waals surface area contributed by atoms with Gasteiger partial charge in [0.05, 0.1) is 12.8 Å². The molecule has 2 heterocycles. The van der Waals surface area contributed by atoms with Crippen LogP contribution < -0.4 is 15.0 Å². The number of methoxy groups -OCH3 is 1. The number of ether oxygens (including phenoxy) is 1. The number of benzene rings is 2. The Labute approximate surface area is 166 Å². The number of aromatic nitrogens is 1. The van der Waals surface area contributed by atoms with Crippen molar-refractivity contribution in [2.24, 2.45) is 0 Å². The summed E-state index contributed by atoms with van der Waals surface area (Å²) in [5, 5.41) is 2.22. The Morgan fingerprint density at radius 2 is 1.62 bits per heavy atom. The standard InChI is InChI=1S/C22H17N3O4/c1-29-18-9-7-17(8-10-18)25-21(27)19(20(26)23-22(25)28)13-15-11-12-24(14-15)16-5-3-2-4-6-16/h2-14H,1H3,(H,23,26,28)/b19-13-. The molecule has 1 aromatic heterocycles. The van der Waals surface area contributed by atoms with E-state index in [1.165, 1.54) is 13.2 Å². The molecule has 1 aliphatic heterocycles. The van der Waals surface area contributed by atoms with Gasteiger partial charge >= 0.3 is 6.03 Å². The number of anilines is 1. The molecular formula is C22H17N3O4. The van der Waals surface area contributed by atoms with Crippen LogP contribution in [0.2, 0.25) is 0 Å². The zero-order chi connectivity index (χ0) is 20.4. The molecule has 7 nitrogen and oxygen atoms in total. The van der Waals surface area contributed by atoms with Gasteiger partial charge in [-0.1, -0.05) is 18.2 Å². The van der Waals surface area contributed by atoms with Crippen LogP contribution in [0.5, 0.6) is 5.75 Å². The molecule has 0 radical (unpaired) electrons. The summed E-state index contributed by atoms with van der Waals surface area (Å²) in [5.41, 5.74) is 1.84. The maximum atomic E-state index is 12.9. The van der Waals surface area contributed by atoms with Crippen LogP contribution in [0.25, 0.3) is 11.8 Å². The van der Waals surface area contributed by atoms with E-state index in [2.05, 4.69) is 5.32 Å². The molecule has 0 saturated carbocycles. The van der Waals surface area contributed by atoms with Crippen molar-refractivity contribution in [2.75, 3.05) is 12.0 Å². The summed E-state index contributed by atoms with van der Waals surface area (Å²) < 4.78 is 6.97. The third kappa shape index (κ3) is 3.53. The van der Waals surface area contributed by atoms with E-state index in [-0.39, 0.29) is 5.57 Å². The lowest BCUT2D eigenvalue weighted by molar-refractivity contribution is -0.122. The number of nitrogens with zero attached hydrogens (tertiary/aromatic N) is 2. The zero-order valence-corrected chi connectivity index (χ0v) is 15.5. The van der Waals surface area contributed by atoms with Crippen molar-refractivity contribution in [1.82, 2.24) is 9.88 Å². The SMILES string of the molecule is COc1ccc(N2C(=O)NC(=O)/C(=C/c3ccn(-c4ccccc4)c3)C2=O)cc1. The van der Waals surface area contributed by atoms with Gasteiger partial charge in [0.25, 0.3) is 11.8 Å². The van der Waals surface area contributed by atoms with Crippen molar-refractivity contribution < 1.29 is 19.1 Å². The Morgan fingerprint density at radius 3 is 2.31 bits per heavy atom. The van der Waals surface area contributed by atoms with Gasteiger partial charge in [-0.15, -0.1) is 0 Å². The predicted molar refractivity (Wildman–Crippen MR) is 108 cm³/mol. The second-order valence-electron chi connectivity index (χ2n) is 6.34. The minimum absolute atomic E-state index is 0.119. The Morgan fingerprint density at radius 1 is 0.897 bits per heavy atom. The van der Waals surface area contributed by atoms with Gasteiger partial charge in [0, 0.05) is 18.1 Å². The van der Waals surface area contributed by atoms with Gasteiger partial charge in [-0.3, -0.25) is 14.9 Å². The van der Waals surface area contributed by atoms with Gasteiger partial charge in [0.15, 0.2) is 0 Å². The van der Waals surface area contributed by atoms with Crippen LogP contribution in [0.15, 0.2) is 78.6 Å². The molecule has 1 saturated heterocycles. The maximum Gasteiger partial charge on any atom is 0.335 e. The Balaban J connectivity index is 1.66. The average molecular weight is 387 g/mol. The van der Waals surface area contributed by atoms with E-state index in [9.17, 15) is 14.4 Å². The summed E-state index contributed by atoms with van der Waals surface area (Å²) in [5.74, 6) is -0.818. The van der Waals surface area contributed by atoms with Crippen molar-refractivity contribution in [2.45, 2.75) is 0 Å². The van der Waals surface area contributed by atoms with Gasteiger partial charge < -0.3 is 9.30 Å². The molecule has 0 spiro atoms. The summed E-state index contributed by atoms with van der Waals surface area (Å²) in [6.07, 6.45) is 5.11. The number of nitrogens with one attached hydrogen (secondary N) is 1. The topological polar surface area (TPSA) is 80.6 Å². The summed E-state index contributed by atoms with van der Waals surface area (Å²) in [7, 11) is 1.52. The number of hydrogen-bond acceptors (Lipinski definition) is 4. The Kier molecular flexibility index (Phi) is 4.70. The predicted octanol–water partition coefficient (Wildman–Crippen LogP) is 3.15. The quantitative estimate of drug-likeness (QED) is 0.551. The number of carbonyl (C=O) groups is 3. The van der Waals surface area contributed by atoms with Crippen LogP contribution in [0.1, 0.15) is 5.56 Å². The maximum absolute atomic E-state index is 12.9. The number of rotatable bonds is 4. The van der Waals surface area contributed by atoms with Gasteiger partial charge in [-0.2, -0.15) is 0 Å².